The Morgan fingerprint density at radius 3 is 2.43 bits per heavy atom. The fourth-order valence-electron chi connectivity index (χ4n) is 2.76. The summed E-state index contributed by atoms with van der Waals surface area (Å²) in [5, 5.41) is 2.44. The molecule has 2 aromatic heterocycles. The van der Waals surface area contributed by atoms with E-state index in [1.54, 1.807) is 24.3 Å². The lowest BCUT2D eigenvalue weighted by atomic mass is 10.2. The molecule has 0 radical (unpaired) electrons. The molecular weight excluding hydrogens is 396 g/mol. The molecule has 0 aliphatic carbocycles. The van der Waals surface area contributed by atoms with Gasteiger partial charge in [0.25, 0.3) is 11.8 Å². The van der Waals surface area contributed by atoms with Crippen LogP contribution in [0, 0.1) is 11.6 Å². The Labute approximate surface area is 168 Å². The van der Waals surface area contributed by atoms with Crippen molar-refractivity contribution in [2.75, 3.05) is 5.32 Å². The lowest BCUT2D eigenvalue weighted by Crippen LogP contribution is -2.17. The molecule has 2 amide bonds. The molecule has 0 saturated heterocycles. The Bertz CT molecular complexity index is 1250. The number of para-hydroxylation sites is 1. The number of primary amides is 1. The highest BCUT2D eigenvalue weighted by molar-refractivity contribution is 6.14. The lowest BCUT2D eigenvalue weighted by molar-refractivity contribution is 0.0977. The van der Waals surface area contributed by atoms with Crippen molar-refractivity contribution in [2.45, 2.75) is 0 Å². The van der Waals surface area contributed by atoms with Gasteiger partial charge in [-0.1, -0.05) is 18.2 Å². The fraction of sp³-hybridized carbons (Fsp3) is 0. The number of halogens is 2. The van der Waals surface area contributed by atoms with Crippen LogP contribution in [0.15, 0.2) is 65.2 Å². The Morgan fingerprint density at radius 2 is 1.77 bits per heavy atom. The Morgan fingerprint density at radius 1 is 1.03 bits per heavy atom. The van der Waals surface area contributed by atoms with Crippen LogP contribution in [0.25, 0.3) is 11.0 Å². The van der Waals surface area contributed by atoms with E-state index in [0.717, 1.165) is 12.1 Å². The molecule has 0 aliphatic rings. The number of amides is 2. The summed E-state index contributed by atoms with van der Waals surface area (Å²) in [6.07, 6.45) is 1.26. The van der Waals surface area contributed by atoms with Crippen LogP contribution < -0.4 is 15.8 Å². The summed E-state index contributed by atoms with van der Waals surface area (Å²) in [6, 6.07) is 13.5. The molecule has 0 aliphatic heterocycles. The zero-order valence-electron chi connectivity index (χ0n) is 15.2. The van der Waals surface area contributed by atoms with Gasteiger partial charge >= 0.3 is 0 Å². The van der Waals surface area contributed by atoms with Crippen LogP contribution in [0.2, 0.25) is 0 Å². The monoisotopic (exact) mass is 409 g/mol. The highest BCUT2D eigenvalue weighted by atomic mass is 19.2. The topological polar surface area (TPSA) is 107 Å². The number of anilines is 1. The maximum absolute atomic E-state index is 13.7. The van der Waals surface area contributed by atoms with Gasteiger partial charge in [-0.2, -0.15) is 0 Å². The quantitative estimate of drug-likeness (QED) is 0.512. The second kappa shape index (κ2) is 7.63. The number of benzene rings is 2. The highest BCUT2D eigenvalue weighted by Gasteiger charge is 2.23. The van der Waals surface area contributed by atoms with Crippen molar-refractivity contribution in [2.24, 2.45) is 5.73 Å². The summed E-state index contributed by atoms with van der Waals surface area (Å²) in [5.74, 6) is -3.59. The van der Waals surface area contributed by atoms with E-state index in [1.165, 1.54) is 18.3 Å². The summed E-state index contributed by atoms with van der Waals surface area (Å²) < 4.78 is 37.8. The minimum Gasteiger partial charge on any atom is -0.449 e. The molecule has 150 valence electrons. The van der Waals surface area contributed by atoms with Crippen LogP contribution in [0.3, 0.4) is 0 Å². The van der Waals surface area contributed by atoms with Crippen LogP contribution in [0.1, 0.15) is 20.9 Å². The van der Waals surface area contributed by atoms with Crippen LogP contribution >= 0.6 is 0 Å². The van der Waals surface area contributed by atoms with Crippen LogP contribution in [-0.2, 0) is 0 Å². The average molecular weight is 409 g/mol. The molecule has 9 heteroatoms. The van der Waals surface area contributed by atoms with E-state index >= 15 is 0 Å². The van der Waals surface area contributed by atoms with E-state index in [9.17, 15) is 18.4 Å². The van der Waals surface area contributed by atoms with Gasteiger partial charge in [0.1, 0.15) is 17.0 Å². The lowest BCUT2D eigenvalue weighted by Gasteiger charge is -2.07. The number of furan rings is 1. The maximum Gasteiger partial charge on any atom is 0.286 e. The van der Waals surface area contributed by atoms with Gasteiger partial charge < -0.3 is 20.2 Å². The first-order valence-electron chi connectivity index (χ1n) is 8.64. The van der Waals surface area contributed by atoms with Gasteiger partial charge in [0.05, 0.1) is 5.56 Å². The van der Waals surface area contributed by atoms with Crippen molar-refractivity contribution in [3.8, 4) is 11.6 Å². The third-order valence-corrected chi connectivity index (χ3v) is 4.16. The number of nitrogens with zero attached hydrogens (tertiary/aromatic N) is 1. The Hall–Kier alpha value is -4.27. The number of pyridine rings is 1. The molecule has 4 aromatic rings. The Balaban J connectivity index is 1.60. The number of nitrogens with two attached hydrogens (primary N) is 1. The van der Waals surface area contributed by atoms with Gasteiger partial charge in [0.15, 0.2) is 11.6 Å². The van der Waals surface area contributed by atoms with Gasteiger partial charge in [-0.15, -0.1) is 0 Å². The molecule has 0 saturated carbocycles. The predicted octanol–water partition coefficient (Wildman–Crippen LogP) is 4.25. The molecule has 2 aromatic carbocycles. The largest absolute Gasteiger partial charge is 0.449 e. The normalized spacial score (nSPS) is 10.7. The molecular formula is C21H13F2N3O4. The number of carbonyl (C=O) groups is 2. The van der Waals surface area contributed by atoms with E-state index in [-0.39, 0.29) is 28.1 Å². The van der Waals surface area contributed by atoms with E-state index in [1.807, 2.05) is 6.07 Å². The van der Waals surface area contributed by atoms with Crippen LogP contribution in [0.4, 0.5) is 14.5 Å². The minimum atomic E-state index is -1.17. The van der Waals surface area contributed by atoms with Gasteiger partial charge in [-0.25, -0.2) is 13.8 Å². The van der Waals surface area contributed by atoms with Crippen molar-refractivity contribution in [1.82, 2.24) is 4.98 Å². The van der Waals surface area contributed by atoms with Gasteiger partial charge in [0, 0.05) is 23.7 Å². The zero-order valence-corrected chi connectivity index (χ0v) is 15.2. The summed E-state index contributed by atoms with van der Waals surface area (Å²) in [7, 11) is 0. The summed E-state index contributed by atoms with van der Waals surface area (Å²) in [4.78, 5) is 28.3. The van der Waals surface area contributed by atoms with Crippen LogP contribution in [0.5, 0.6) is 11.6 Å². The second-order valence-electron chi connectivity index (χ2n) is 6.19. The Kier molecular flexibility index (Phi) is 4.85. The predicted molar refractivity (Wildman–Crippen MR) is 103 cm³/mol. The van der Waals surface area contributed by atoms with Gasteiger partial charge in [-0.05, 0) is 24.3 Å². The van der Waals surface area contributed by atoms with Crippen LogP contribution in [-0.4, -0.2) is 16.8 Å². The number of fused-ring (bicyclic) bond motifs is 1. The maximum atomic E-state index is 13.7. The molecule has 3 N–H and O–H groups in total. The molecule has 7 nitrogen and oxygen atoms in total. The van der Waals surface area contributed by atoms with E-state index in [2.05, 4.69) is 10.3 Å². The van der Waals surface area contributed by atoms with Crippen molar-refractivity contribution in [1.29, 1.82) is 0 Å². The first kappa shape index (κ1) is 19.1. The van der Waals surface area contributed by atoms with Gasteiger partial charge in [0.2, 0.25) is 11.6 Å². The van der Waals surface area contributed by atoms with Gasteiger partial charge in [-0.3, -0.25) is 9.59 Å². The number of rotatable bonds is 5. The van der Waals surface area contributed by atoms with Crippen molar-refractivity contribution in [3.05, 3.63) is 83.8 Å². The number of carbonyl (C=O) groups excluding carboxylic acids is 2. The number of hydrogen-bond acceptors (Lipinski definition) is 5. The van der Waals surface area contributed by atoms with E-state index < -0.39 is 29.2 Å². The number of nitrogens with one attached hydrogen (secondary N) is 1. The van der Waals surface area contributed by atoms with Crippen molar-refractivity contribution < 1.29 is 27.5 Å². The molecule has 30 heavy (non-hydrogen) atoms. The molecule has 4 rings (SSSR count). The first-order valence-corrected chi connectivity index (χ1v) is 8.64. The second-order valence-corrected chi connectivity index (χ2v) is 6.19. The summed E-state index contributed by atoms with van der Waals surface area (Å²) >= 11 is 0. The standard InChI is InChI=1S/C21H13F2N3O4/c22-14-8-13-16(9-15(14)23)30-19(20(24)27)18(13)26-21(28)11-6-7-17(25-10-11)29-12-4-2-1-3-5-12/h1-10H,(H2,24,27)(H,26,28). The number of aromatic nitrogens is 1. The average Bonchev–Trinajstić information content (AvgIpc) is 3.07. The SMILES string of the molecule is NC(=O)c1oc2cc(F)c(F)cc2c1NC(=O)c1ccc(Oc2ccccc2)nc1. The molecule has 0 unspecified atom stereocenters. The zero-order chi connectivity index (χ0) is 21.3. The fourth-order valence-corrected chi connectivity index (χ4v) is 2.76. The molecule has 2 heterocycles. The number of hydrogen-bond donors (Lipinski definition) is 2. The third-order valence-electron chi connectivity index (χ3n) is 4.16. The summed E-state index contributed by atoms with van der Waals surface area (Å²) in [5.41, 5.74) is 5.09. The molecule has 0 spiro atoms. The third kappa shape index (κ3) is 3.68. The minimum absolute atomic E-state index is 0.00644. The summed E-state index contributed by atoms with van der Waals surface area (Å²) in [6.45, 7) is 0. The molecule has 0 fully saturated rings. The van der Waals surface area contributed by atoms with E-state index in [0.29, 0.717) is 5.75 Å². The molecule has 0 atom stereocenters. The highest BCUT2D eigenvalue weighted by Crippen LogP contribution is 2.32. The molecule has 0 bridgehead atoms. The van der Waals surface area contributed by atoms with Crippen molar-refractivity contribution in [3.63, 3.8) is 0 Å². The smallest absolute Gasteiger partial charge is 0.286 e. The van der Waals surface area contributed by atoms with Crippen molar-refractivity contribution >= 4 is 28.5 Å². The first-order chi connectivity index (χ1) is 14.4. The van der Waals surface area contributed by atoms with E-state index in [4.69, 9.17) is 14.9 Å². The number of ether oxygens (including phenoxy) is 1.